The summed E-state index contributed by atoms with van der Waals surface area (Å²) in [5, 5.41) is 8.97. The number of aliphatic hydroxyl groups excluding tert-OH is 1. The first kappa shape index (κ1) is 16.1. The molecule has 1 saturated heterocycles. The van der Waals surface area contributed by atoms with Crippen molar-refractivity contribution in [3.05, 3.63) is 35.9 Å². The fourth-order valence-corrected chi connectivity index (χ4v) is 2.92. The Bertz CT molecular complexity index is 451. The lowest BCUT2D eigenvalue weighted by Gasteiger charge is -2.38. The number of Topliss-reactive ketones (excluding diaryl/α,β-unsaturated/α-hetero) is 1. The molecule has 0 aromatic heterocycles. The summed E-state index contributed by atoms with van der Waals surface area (Å²) < 4.78 is 0. The summed E-state index contributed by atoms with van der Waals surface area (Å²) in [4.78, 5) is 17.3. The minimum absolute atomic E-state index is 0.209. The second-order valence-corrected chi connectivity index (χ2v) is 6.42. The molecule has 1 fully saturated rings. The quantitative estimate of drug-likeness (QED) is 0.807. The van der Waals surface area contributed by atoms with E-state index < -0.39 is 0 Å². The molecular weight excluding hydrogens is 264 g/mol. The minimum atomic E-state index is -0.375. The van der Waals surface area contributed by atoms with Gasteiger partial charge in [0.15, 0.2) is 5.78 Å². The maximum Gasteiger partial charge on any atom is 0.169 e. The van der Waals surface area contributed by atoms with Crippen LogP contribution in [0.15, 0.2) is 30.3 Å². The van der Waals surface area contributed by atoms with Crippen LogP contribution in [0.5, 0.6) is 0 Å². The summed E-state index contributed by atoms with van der Waals surface area (Å²) in [5.41, 5.74) is 0.418. The van der Waals surface area contributed by atoms with Crippen molar-refractivity contribution in [1.82, 2.24) is 9.80 Å². The molecule has 0 atom stereocenters. The van der Waals surface area contributed by atoms with Crippen molar-refractivity contribution >= 4 is 5.78 Å². The largest absolute Gasteiger partial charge is 0.395 e. The van der Waals surface area contributed by atoms with Gasteiger partial charge in [-0.25, -0.2) is 0 Å². The molecular formula is C17H26N2O2. The van der Waals surface area contributed by atoms with E-state index in [-0.39, 0.29) is 17.8 Å². The van der Waals surface area contributed by atoms with Crippen molar-refractivity contribution in [2.24, 2.45) is 5.41 Å². The second-order valence-electron chi connectivity index (χ2n) is 6.42. The SMILES string of the molecule is CC(C)(CN1CCN(CCO)CC1)C(=O)c1ccccc1. The van der Waals surface area contributed by atoms with E-state index in [1.54, 1.807) is 0 Å². The molecule has 0 radical (unpaired) electrons. The molecule has 21 heavy (non-hydrogen) atoms. The fourth-order valence-electron chi connectivity index (χ4n) is 2.92. The summed E-state index contributed by atoms with van der Waals surface area (Å²) in [6.45, 7) is 9.68. The molecule has 1 heterocycles. The Balaban J connectivity index is 1.91. The van der Waals surface area contributed by atoms with Gasteiger partial charge in [0, 0.05) is 50.2 Å². The lowest BCUT2D eigenvalue weighted by molar-refractivity contribution is 0.0642. The number of aliphatic hydroxyl groups is 1. The maximum atomic E-state index is 12.6. The van der Waals surface area contributed by atoms with Crippen LogP contribution in [0.3, 0.4) is 0 Å². The summed E-state index contributed by atoms with van der Waals surface area (Å²) in [6, 6.07) is 9.55. The number of piperazine rings is 1. The van der Waals surface area contributed by atoms with Crippen LogP contribution in [0.4, 0.5) is 0 Å². The first-order valence-corrected chi connectivity index (χ1v) is 7.68. The molecule has 1 aromatic rings. The zero-order valence-electron chi connectivity index (χ0n) is 13.1. The second kappa shape index (κ2) is 7.16. The predicted molar refractivity (Wildman–Crippen MR) is 84.5 cm³/mol. The first-order chi connectivity index (χ1) is 10.0. The van der Waals surface area contributed by atoms with Gasteiger partial charge in [-0.05, 0) is 0 Å². The van der Waals surface area contributed by atoms with Crippen molar-refractivity contribution in [1.29, 1.82) is 0 Å². The molecule has 0 spiro atoms. The average molecular weight is 290 g/mol. The Morgan fingerprint density at radius 2 is 1.67 bits per heavy atom. The number of carbonyl (C=O) groups is 1. The highest BCUT2D eigenvalue weighted by atomic mass is 16.3. The van der Waals surface area contributed by atoms with Gasteiger partial charge in [-0.15, -0.1) is 0 Å². The first-order valence-electron chi connectivity index (χ1n) is 7.68. The number of hydrogen-bond donors (Lipinski definition) is 1. The van der Waals surface area contributed by atoms with Crippen molar-refractivity contribution in [3.63, 3.8) is 0 Å². The molecule has 1 aliphatic heterocycles. The van der Waals surface area contributed by atoms with Gasteiger partial charge in [0.05, 0.1) is 6.61 Å². The maximum absolute atomic E-state index is 12.6. The van der Waals surface area contributed by atoms with Crippen LogP contribution in [0.2, 0.25) is 0 Å². The lowest BCUT2D eigenvalue weighted by atomic mass is 9.83. The van der Waals surface area contributed by atoms with Crippen LogP contribution < -0.4 is 0 Å². The zero-order valence-corrected chi connectivity index (χ0v) is 13.1. The molecule has 0 aliphatic carbocycles. The van der Waals surface area contributed by atoms with E-state index in [9.17, 15) is 4.79 Å². The van der Waals surface area contributed by atoms with E-state index >= 15 is 0 Å². The highest BCUT2D eigenvalue weighted by Gasteiger charge is 2.31. The number of β-amino-alcohol motifs (C(OH)–C–C–N with tert-alkyl or cyclic N) is 1. The van der Waals surface area contributed by atoms with E-state index in [0.29, 0.717) is 0 Å². The van der Waals surface area contributed by atoms with E-state index in [4.69, 9.17) is 5.11 Å². The molecule has 2 rings (SSSR count). The molecule has 0 amide bonds. The van der Waals surface area contributed by atoms with Crippen molar-refractivity contribution in [3.8, 4) is 0 Å². The third kappa shape index (κ3) is 4.37. The summed E-state index contributed by atoms with van der Waals surface area (Å²) in [5.74, 6) is 0.209. The highest BCUT2D eigenvalue weighted by Crippen LogP contribution is 2.24. The van der Waals surface area contributed by atoms with Gasteiger partial charge >= 0.3 is 0 Å². The highest BCUT2D eigenvalue weighted by molar-refractivity contribution is 6.00. The van der Waals surface area contributed by atoms with Gasteiger partial charge < -0.3 is 5.11 Å². The van der Waals surface area contributed by atoms with Gasteiger partial charge in [0.25, 0.3) is 0 Å². The molecule has 1 aliphatic rings. The number of ketones is 1. The summed E-state index contributed by atoms with van der Waals surface area (Å²) in [6.07, 6.45) is 0. The average Bonchev–Trinajstić information content (AvgIpc) is 2.49. The Kier molecular flexibility index (Phi) is 5.51. The normalized spacial score (nSPS) is 17.9. The molecule has 1 aromatic carbocycles. The van der Waals surface area contributed by atoms with Crippen molar-refractivity contribution in [2.45, 2.75) is 13.8 Å². The topological polar surface area (TPSA) is 43.8 Å². The molecule has 1 N–H and O–H groups in total. The van der Waals surface area contributed by atoms with E-state index in [1.165, 1.54) is 0 Å². The van der Waals surface area contributed by atoms with Crippen LogP contribution in [-0.4, -0.2) is 66.6 Å². The van der Waals surface area contributed by atoms with E-state index in [1.807, 2.05) is 44.2 Å². The predicted octanol–water partition coefficient (Wildman–Crippen LogP) is 1.51. The number of nitrogens with zero attached hydrogens (tertiary/aromatic N) is 2. The Hall–Kier alpha value is -1.23. The van der Waals surface area contributed by atoms with Crippen LogP contribution in [0, 0.1) is 5.41 Å². The van der Waals surface area contributed by atoms with Gasteiger partial charge in [-0.2, -0.15) is 0 Å². The Labute approximate surface area is 127 Å². The fraction of sp³-hybridized carbons (Fsp3) is 0.588. The lowest BCUT2D eigenvalue weighted by Crippen LogP contribution is -2.50. The van der Waals surface area contributed by atoms with Crippen LogP contribution in [0.1, 0.15) is 24.2 Å². The third-order valence-corrected chi connectivity index (χ3v) is 4.15. The number of benzene rings is 1. The van der Waals surface area contributed by atoms with Crippen LogP contribution in [-0.2, 0) is 0 Å². The molecule has 4 nitrogen and oxygen atoms in total. The zero-order chi connectivity index (χ0) is 15.3. The minimum Gasteiger partial charge on any atom is -0.395 e. The molecule has 0 saturated carbocycles. The summed E-state index contributed by atoms with van der Waals surface area (Å²) >= 11 is 0. The van der Waals surface area contributed by atoms with Crippen LogP contribution >= 0.6 is 0 Å². The smallest absolute Gasteiger partial charge is 0.169 e. The Morgan fingerprint density at radius 1 is 1.10 bits per heavy atom. The van der Waals surface area contributed by atoms with Gasteiger partial charge in [0.2, 0.25) is 0 Å². The third-order valence-electron chi connectivity index (χ3n) is 4.15. The number of carbonyl (C=O) groups excluding carboxylic acids is 1. The number of hydrogen-bond acceptors (Lipinski definition) is 4. The molecule has 0 bridgehead atoms. The van der Waals surface area contributed by atoms with Gasteiger partial charge in [-0.3, -0.25) is 14.6 Å². The molecule has 116 valence electrons. The van der Waals surface area contributed by atoms with Gasteiger partial charge in [-0.1, -0.05) is 44.2 Å². The monoisotopic (exact) mass is 290 g/mol. The molecule has 4 heteroatoms. The standard InChI is InChI=1S/C17H26N2O2/c1-17(2,16(21)15-6-4-3-5-7-15)14-19-10-8-18(9-11-19)12-13-20/h3-7,20H,8-14H2,1-2H3. The number of rotatable bonds is 6. The van der Waals surface area contributed by atoms with Crippen molar-refractivity contribution in [2.75, 3.05) is 45.9 Å². The van der Waals surface area contributed by atoms with Gasteiger partial charge in [0.1, 0.15) is 0 Å². The Morgan fingerprint density at radius 3 is 2.24 bits per heavy atom. The van der Waals surface area contributed by atoms with E-state index in [0.717, 1.165) is 44.8 Å². The molecule has 0 unspecified atom stereocenters. The van der Waals surface area contributed by atoms with Crippen molar-refractivity contribution < 1.29 is 9.90 Å². The summed E-state index contributed by atoms with van der Waals surface area (Å²) in [7, 11) is 0. The van der Waals surface area contributed by atoms with E-state index in [2.05, 4.69) is 9.80 Å². The van der Waals surface area contributed by atoms with Crippen LogP contribution in [0.25, 0.3) is 0 Å².